The number of nitrogens with two attached hydrogens (primary N) is 1. The molecule has 0 aromatic heterocycles. The first kappa shape index (κ1) is 50.1. The number of aromatic hydroxyl groups is 2. The number of guanidine groups is 1. The molecule has 8 aliphatic rings. The van der Waals surface area contributed by atoms with Gasteiger partial charge in [-0.3, -0.25) is 4.79 Å². The average molecular weight is 988 g/mol. The number of hydrogen-bond donors (Lipinski definition) is 5. The molecule has 73 heavy (non-hydrogen) atoms. The molecule has 0 unspecified atom stereocenters. The van der Waals surface area contributed by atoms with E-state index in [0.717, 1.165) is 123 Å². The molecule has 388 valence electrons. The number of methoxy groups -OCH3 is 1. The third-order valence-corrected chi connectivity index (χ3v) is 19.4. The standard InChI is InChI=1S/C64H81N3O6/c1-40-28-54-46-30-44(33-51(70)35-46)29-42-14-10-15-48(31-42)64(25-8-3-9-26-64)67-62(65)66-49-16-11-19-53-45(22-23-50(69)32-43(39-68)21-20-41-12-4-5-13-41)37-57(73-52-17-6-7-18-52)61(71)59(53)60-58-47(34-49)36-55(54)63(60,38-40)27-24-56(58)72-2/h10,14-15,30-33,35-37,40-41,47,49,52,54,56,58,60,68,70-71H,3-9,12-13,16-18,20-29,34,38-39H2,1-2H3,(H3,65,66,67)/b43-32-/t40-,47-,49+,54+,56-,58-,60+,63+/m0/s1. The molecule has 5 fully saturated rings. The maximum Gasteiger partial charge on any atom is 0.189 e. The molecule has 7 aliphatic carbocycles. The van der Waals surface area contributed by atoms with Gasteiger partial charge in [0.15, 0.2) is 23.2 Å². The van der Waals surface area contributed by atoms with Gasteiger partial charge >= 0.3 is 0 Å². The molecular formula is C64H81N3O6. The first-order valence-corrected chi connectivity index (χ1v) is 28.7. The van der Waals surface area contributed by atoms with Crippen molar-refractivity contribution in [1.29, 1.82) is 0 Å². The molecule has 2 spiro atoms. The van der Waals surface area contributed by atoms with E-state index in [4.69, 9.17) is 20.2 Å². The SMILES string of the molecule is CO[C@H]1CC[C@@]23C[C@@H](C)C[C@H]4C2=C[C@@H]2C[C@@H](CC#Cc5c(CCC(=O)/C=C(\CO)CCC6CCCC6)cc(OC6CCCC6)c(O)c5[C@H]3[C@@H]21)N=C(N)NC1(CCCCC1)c1cccc(c1)Cc1cc(O)cc4c1. The number of hydrogen-bond acceptors (Lipinski definition) is 9. The number of carbonyl (C=O) groups excluding carboxylic acids is 1. The highest BCUT2D eigenvalue weighted by atomic mass is 16.5. The van der Waals surface area contributed by atoms with Crippen LogP contribution >= 0.6 is 0 Å². The van der Waals surface area contributed by atoms with Crippen LogP contribution in [0.15, 0.2) is 76.8 Å². The van der Waals surface area contributed by atoms with Crippen LogP contribution in [0.4, 0.5) is 0 Å². The van der Waals surface area contributed by atoms with E-state index < -0.39 is 0 Å². The van der Waals surface area contributed by atoms with E-state index in [-0.39, 0.29) is 77.4 Å². The summed E-state index contributed by atoms with van der Waals surface area (Å²) >= 11 is 0. The number of carbonyl (C=O) groups is 1. The Bertz CT molecular complexity index is 2690. The van der Waals surface area contributed by atoms with E-state index in [2.05, 4.69) is 60.5 Å². The third kappa shape index (κ3) is 10.1. The Labute approximate surface area is 434 Å². The highest BCUT2D eigenvalue weighted by Gasteiger charge is 2.61. The molecule has 3 aromatic carbocycles. The molecule has 8 atom stereocenters. The highest BCUT2D eigenvalue weighted by molar-refractivity contribution is 5.90. The minimum atomic E-state index is -0.363. The highest BCUT2D eigenvalue weighted by Crippen LogP contribution is 2.70. The molecule has 5 saturated carbocycles. The Kier molecular flexibility index (Phi) is 14.6. The number of benzene rings is 3. The first-order chi connectivity index (χ1) is 35.5. The molecule has 0 amide bonds. The van der Waals surface area contributed by atoms with Gasteiger partial charge in [-0.05, 0) is 183 Å². The zero-order chi connectivity index (χ0) is 50.3. The number of aliphatic hydroxyl groups excluding tert-OH is 1. The van der Waals surface area contributed by atoms with E-state index in [1.807, 2.05) is 25.3 Å². The van der Waals surface area contributed by atoms with Gasteiger partial charge in [-0.1, -0.05) is 106 Å². The van der Waals surface area contributed by atoms with Crippen LogP contribution in [0, 0.1) is 40.9 Å². The van der Waals surface area contributed by atoms with E-state index in [1.54, 1.807) is 6.08 Å². The molecule has 0 radical (unpaired) electrons. The predicted molar refractivity (Wildman–Crippen MR) is 289 cm³/mol. The van der Waals surface area contributed by atoms with Crippen LogP contribution in [0.3, 0.4) is 0 Å². The van der Waals surface area contributed by atoms with Gasteiger partial charge in [-0.25, -0.2) is 4.99 Å². The van der Waals surface area contributed by atoms with Gasteiger partial charge < -0.3 is 35.8 Å². The topological polar surface area (TPSA) is 147 Å². The first-order valence-electron chi connectivity index (χ1n) is 28.7. The fourth-order valence-corrected chi connectivity index (χ4v) is 16.2. The molecule has 9 heteroatoms. The molecule has 6 N–H and O–H groups in total. The molecule has 1 aliphatic heterocycles. The van der Waals surface area contributed by atoms with Crippen molar-refractivity contribution in [3.63, 3.8) is 0 Å². The molecule has 9 nitrogen and oxygen atoms in total. The Morgan fingerprint density at radius 3 is 2.53 bits per heavy atom. The van der Waals surface area contributed by atoms with Crippen LogP contribution in [-0.4, -0.2) is 59.0 Å². The van der Waals surface area contributed by atoms with E-state index in [0.29, 0.717) is 55.0 Å². The largest absolute Gasteiger partial charge is 0.508 e. The molecule has 10 bridgehead atoms. The van der Waals surface area contributed by atoms with Crippen molar-refractivity contribution in [1.82, 2.24) is 5.32 Å². The van der Waals surface area contributed by atoms with Crippen molar-refractivity contribution in [2.24, 2.45) is 39.8 Å². The van der Waals surface area contributed by atoms with Crippen molar-refractivity contribution >= 4 is 11.7 Å². The van der Waals surface area contributed by atoms with Gasteiger partial charge in [0, 0.05) is 42.9 Å². The second kappa shape index (κ2) is 21.3. The Morgan fingerprint density at radius 2 is 1.74 bits per heavy atom. The lowest BCUT2D eigenvalue weighted by Crippen LogP contribution is -2.54. The second-order valence-corrected chi connectivity index (χ2v) is 24.2. The molecule has 0 saturated heterocycles. The van der Waals surface area contributed by atoms with Crippen molar-refractivity contribution in [3.05, 3.63) is 111 Å². The summed E-state index contributed by atoms with van der Waals surface area (Å²) in [5.74, 6) is 9.67. The second-order valence-electron chi connectivity index (χ2n) is 24.2. The summed E-state index contributed by atoms with van der Waals surface area (Å²) in [6.07, 6.45) is 26.6. The molecular weight excluding hydrogens is 907 g/mol. The van der Waals surface area contributed by atoms with Crippen molar-refractivity contribution in [2.75, 3.05) is 13.7 Å². The molecule has 3 aromatic rings. The minimum Gasteiger partial charge on any atom is -0.508 e. The van der Waals surface area contributed by atoms with E-state index in [1.165, 1.54) is 48.8 Å². The van der Waals surface area contributed by atoms with Crippen LogP contribution in [0.5, 0.6) is 17.2 Å². The van der Waals surface area contributed by atoms with Gasteiger partial charge in [-0.15, -0.1) is 0 Å². The number of allylic oxidation sites excluding steroid dienone is 3. The van der Waals surface area contributed by atoms with Crippen LogP contribution < -0.4 is 15.8 Å². The summed E-state index contributed by atoms with van der Waals surface area (Å²) < 4.78 is 13.6. The number of aryl methyl sites for hydroxylation is 1. The summed E-state index contributed by atoms with van der Waals surface area (Å²) in [6, 6.07) is 17.1. The number of nitrogens with one attached hydrogen (secondary N) is 1. The summed E-state index contributed by atoms with van der Waals surface area (Å²) in [4.78, 5) is 19.5. The van der Waals surface area contributed by atoms with Crippen LogP contribution in [0.1, 0.15) is 199 Å². The lowest BCUT2D eigenvalue weighted by atomic mass is 9.43. The number of phenolic OH excluding ortho intramolecular Hbond substituents is 2. The minimum absolute atomic E-state index is 0.000446. The van der Waals surface area contributed by atoms with Gasteiger partial charge in [-0.2, -0.15) is 0 Å². The number of fused-ring (bicyclic) bond motifs is 8. The summed E-state index contributed by atoms with van der Waals surface area (Å²) in [6.45, 7) is 2.29. The molecule has 11 rings (SSSR count). The van der Waals surface area contributed by atoms with Gasteiger partial charge in [0.1, 0.15) is 5.75 Å². The summed E-state index contributed by atoms with van der Waals surface area (Å²) in [7, 11) is 1.86. The smallest absolute Gasteiger partial charge is 0.189 e. The lowest BCUT2D eigenvalue weighted by Gasteiger charge is -2.62. The monoisotopic (exact) mass is 988 g/mol. The average Bonchev–Trinajstić information content (AvgIpc) is 4.11. The number of ketones is 1. The third-order valence-electron chi connectivity index (χ3n) is 19.4. The Balaban J connectivity index is 1.10. The zero-order valence-corrected chi connectivity index (χ0v) is 43.7. The van der Waals surface area contributed by atoms with E-state index >= 15 is 0 Å². The fraction of sp³-hybridized carbons (Fsp3) is 0.594. The van der Waals surface area contributed by atoms with Crippen molar-refractivity contribution in [3.8, 4) is 29.1 Å². The number of phenols is 2. The fourth-order valence-electron chi connectivity index (χ4n) is 16.2. The Morgan fingerprint density at radius 1 is 0.932 bits per heavy atom. The number of rotatable bonds is 11. The number of ether oxygens (including phenoxy) is 2. The zero-order valence-electron chi connectivity index (χ0n) is 43.7. The number of aliphatic hydroxyl groups is 1. The maximum absolute atomic E-state index is 14.1. The van der Waals surface area contributed by atoms with Gasteiger partial charge in [0.2, 0.25) is 0 Å². The quantitative estimate of drug-likeness (QED) is 0.0725. The summed E-state index contributed by atoms with van der Waals surface area (Å²) in [5.41, 5.74) is 15.9. The van der Waals surface area contributed by atoms with Gasteiger partial charge in [0.25, 0.3) is 0 Å². The van der Waals surface area contributed by atoms with E-state index in [9.17, 15) is 20.1 Å². The predicted octanol–water partition coefficient (Wildman–Crippen LogP) is 12.3. The normalized spacial score (nSPS) is 29.8. The van der Waals surface area contributed by atoms with Crippen molar-refractivity contribution < 1.29 is 29.6 Å². The lowest BCUT2D eigenvalue weighted by molar-refractivity contribution is -0.114. The maximum atomic E-state index is 14.1. The van der Waals surface area contributed by atoms with Crippen LogP contribution in [0.2, 0.25) is 0 Å². The summed E-state index contributed by atoms with van der Waals surface area (Å²) in [5, 5.41) is 39.3. The van der Waals surface area contributed by atoms with Crippen LogP contribution in [0.25, 0.3) is 0 Å². The Hall–Kier alpha value is -5.04. The van der Waals surface area contributed by atoms with Crippen molar-refractivity contribution in [2.45, 2.75) is 197 Å². The number of nitrogens with zero attached hydrogens (tertiary/aromatic N) is 1. The number of aliphatic imine (C=N–C) groups is 1. The van der Waals surface area contributed by atoms with Gasteiger partial charge in [0.05, 0.1) is 30.4 Å². The van der Waals surface area contributed by atoms with Crippen LogP contribution in [-0.2, 0) is 27.9 Å². The molecule has 1 heterocycles.